The van der Waals surface area contributed by atoms with Gasteiger partial charge in [-0.2, -0.15) is 0 Å². The van der Waals surface area contributed by atoms with Crippen molar-refractivity contribution >= 4 is 32.9 Å². The van der Waals surface area contributed by atoms with E-state index in [1.54, 1.807) is 50.5 Å². The molecule has 2 aromatic carbocycles. The minimum absolute atomic E-state index is 0.0293. The van der Waals surface area contributed by atoms with Crippen molar-refractivity contribution in [3.05, 3.63) is 65.9 Å². The van der Waals surface area contributed by atoms with Crippen LogP contribution < -0.4 is 9.46 Å². The van der Waals surface area contributed by atoms with Crippen LogP contribution in [0.5, 0.6) is 5.75 Å². The van der Waals surface area contributed by atoms with E-state index in [0.29, 0.717) is 25.6 Å². The number of nitrogens with zero attached hydrogens (tertiary/aromatic N) is 1. The topological polar surface area (TPSA) is 91.5 Å². The molecule has 1 aromatic heterocycles. The molecular weight excluding hydrogens is 438 g/mol. The van der Waals surface area contributed by atoms with Gasteiger partial charge in [0.25, 0.3) is 0 Å². The Bertz CT molecular complexity index is 1250. The van der Waals surface area contributed by atoms with Crippen LogP contribution in [0.25, 0.3) is 17.0 Å². The first-order valence-corrected chi connectivity index (χ1v) is 12.6. The van der Waals surface area contributed by atoms with Gasteiger partial charge in [-0.3, -0.25) is 4.79 Å². The molecule has 3 aromatic rings. The van der Waals surface area contributed by atoms with Gasteiger partial charge in [-0.05, 0) is 66.3 Å². The lowest BCUT2D eigenvalue weighted by Gasteiger charge is -2.31. The number of carbonyl (C=O) groups is 1. The van der Waals surface area contributed by atoms with Gasteiger partial charge >= 0.3 is 0 Å². The first kappa shape index (κ1) is 23.1. The van der Waals surface area contributed by atoms with Gasteiger partial charge < -0.3 is 14.6 Å². The smallest absolute Gasteiger partial charge is 0.246 e. The zero-order valence-electron chi connectivity index (χ0n) is 18.9. The van der Waals surface area contributed by atoms with Gasteiger partial charge in [0.15, 0.2) is 0 Å². The average Bonchev–Trinajstić information content (AvgIpc) is 3.26. The number of likely N-dealkylation sites (tertiary alicyclic amines) is 1. The van der Waals surface area contributed by atoms with E-state index >= 15 is 0 Å². The highest BCUT2D eigenvalue weighted by Gasteiger charge is 2.24. The molecule has 1 amide bonds. The van der Waals surface area contributed by atoms with Crippen LogP contribution in [0.2, 0.25) is 0 Å². The number of H-pyrrole nitrogens is 1. The van der Waals surface area contributed by atoms with Crippen LogP contribution in [0.1, 0.15) is 36.8 Å². The number of nitrogens with one attached hydrogen (secondary N) is 2. The number of hydrogen-bond donors (Lipinski definition) is 2. The maximum Gasteiger partial charge on any atom is 0.246 e. The van der Waals surface area contributed by atoms with Crippen molar-refractivity contribution in [2.24, 2.45) is 0 Å². The lowest BCUT2D eigenvalue weighted by molar-refractivity contribution is -0.126. The minimum atomic E-state index is -3.48. The van der Waals surface area contributed by atoms with Gasteiger partial charge in [0.1, 0.15) is 5.75 Å². The highest BCUT2D eigenvalue weighted by atomic mass is 32.2. The maximum atomic E-state index is 12.7. The minimum Gasteiger partial charge on any atom is -0.497 e. The van der Waals surface area contributed by atoms with Gasteiger partial charge in [0, 0.05) is 42.8 Å². The van der Waals surface area contributed by atoms with Gasteiger partial charge in [0.2, 0.25) is 15.9 Å². The summed E-state index contributed by atoms with van der Waals surface area (Å²) in [5.74, 6) is 1.21. The third-order valence-corrected chi connectivity index (χ3v) is 7.67. The molecule has 7 nitrogen and oxygen atoms in total. The molecule has 0 atom stereocenters. The van der Waals surface area contributed by atoms with Crippen molar-refractivity contribution in [3.8, 4) is 5.75 Å². The number of hydrogen-bond acceptors (Lipinski definition) is 4. The fourth-order valence-electron chi connectivity index (χ4n) is 4.30. The van der Waals surface area contributed by atoms with Crippen LogP contribution in [-0.2, 0) is 14.8 Å². The lowest BCUT2D eigenvalue weighted by Crippen LogP contribution is -2.36. The Morgan fingerprint density at radius 3 is 2.58 bits per heavy atom. The van der Waals surface area contributed by atoms with E-state index in [4.69, 9.17) is 4.74 Å². The van der Waals surface area contributed by atoms with Crippen molar-refractivity contribution in [2.45, 2.75) is 30.6 Å². The molecule has 1 fully saturated rings. The zero-order chi connectivity index (χ0) is 23.4. The molecule has 1 saturated heterocycles. The van der Waals surface area contributed by atoms with Crippen LogP contribution in [0.4, 0.5) is 0 Å². The van der Waals surface area contributed by atoms with Crippen molar-refractivity contribution in [2.75, 3.05) is 26.7 Å². The second-order valence-electron chi connectivity index (χ2n) is 8.16. The fourth-order valence-corrected chi connectivity index (χ4v) is 5.34. The van der Waals surface area contributed by atoms with Crippen molar-refractivity contribution in [1.82, 2.24) is 14.6 Å². The number of carbonyl (C=O) groups excluding carboxylic acids is 1. The molecule has 0 radical (unpaired) electrons. The number of sulfonamides is 1. The summed E-state index contributed by atoms with van der Waals surface area (Å²) in [7, 11) is -1.80. The molecule has 4 rings (SSSR count). The SMILES string of the molecule is CCNS(=O)(=O)c1ccc(/C=C/C(=O)N2CCC(c3c[nH]c4ccc(OC)cc34)CC2)cc1. The van der Waals surface area contributed by atoms with E-state index in [9.17, 15) is 13.2 Å². The summed E-state index contributed by atoms with van der Waals surface area (Å²) in [6, 6.07) is 12.5. The number of ether oxygens (including phenoxy) is 1. The Labute approximate surface area is 194 Å². The Morgan fingerprint density at radius 2 is 1.91 bits per heavy atom. The molecule has 2 heterocycles. The van der Waals surface area contributed by atoms with Crippen molar-refractivity contribution in [1.29, 1.82) is 0 Å². The number of fused-ring (bicyclic) bond motifs is 1. The summed E-state index contributed by atoms with van der Waals surface area (Å²) in [5, 5.41) is 1.18. The summed E-state index contributed by atoms with van der Waals surface area (Å²) in [5.41, 5.74) is 3.15. The van der Waals surface area contributed by atoms with E-state index in [2.05, 4.69) is 22.0 Å². The Morgan fingerprint density at radius 1 is 1.18 bits per heavy atom. The number of amides is 1. The number of piperidine rings is 1. The summed E-state index contributed by atoms with van der Waals surface area (Å²) in [6.07, 6.45) is 7.17. The van der Waals surface area contributed by atoms with Gasteiger partial charge in [-0.15, -0.1) is 0 Å². The molecule has 0 unspecified atom stereocenters. The zero-order valence-corrected chi connectivity index (χ0v) is 19.7. The predicted octanol–water partition coefficient (Wildman–Crippen LogP) is 3.89. The van der Waals surface area contributed by atoms with Crippen LogP contribution >= 0.6 is 0 Å². The molecule has 0 saturated carbocycles. The van der Waals surface area contributed by atoms with E-state index in [-0.39, 0.29) is 10.8 Å². The summed E-state index contributed by atoms with van der Waals surface area (Å²) in [6.45, 7) is 3.47. The maximum absolute atomic E-state index is 12.7. The van der Waals surface area contributed by atoms with Gasteiger partial charge in [-0.1, -0.05) is 19.1 Å². The van der Waals surface area contributed by atoms with E-state index in [0.717, 1.165) is 29.7 Å². The second kappa shape index (κ2) is 9.80. The molecule has 0 spiro atoms. The summed E-state index contributed by atoms with van der Waals surface area (Å²) >= 11 is 0. The van der Waals surface area contributed by atoms with Crippen LogP contribution in [0, 0.1) is 0 Å². The number of benzene rings is 2. The normalized spacial score (nSPS) is 15.4. The van der Waals surface area contributed by atoms with Crippen LogP contribution in [-0.4, -0.2) is 51.0 Å². The molecule has 2 N–H and O–H groups in total. The molecule has 174 valence electrons. The predicted molar refractivity (Wildman–Crippen MR) is 130 cm³/mol. The molecule has 1 aliphatic heterocycles. The molecule has 1 aliphatic rings. The molecule has 8 heteroatoms. The number of aromatic nitrogens is 1. The number of rotatable bonds is 7. The van der Waals surface area contributed by atoms with Gasteiger partial charge in [0.05, 0.1) is 12.0 Å². The summed E-state index contributed by atoms with van der Waals surface area (Å²) in [4.78, 5) is 18.1. The van der Waals surface area contributed by atoms with E-state index < -0.39 is 10.0 Å². The Balaban J connectivity index is 1.36. The quantitative estimate of drug-likeness (QED) is 0.516. The Kier molecular flexibility index (Phi) is 6.85. The highest BCUT2D eigenvalue weighted by Crippen LogP contribution is 2.34. The molecular formula is C25H29N3O4S. The van der Waals surface area contributed by atoms with Crippen molar-refractivity contribution < 1.29 is 17.9 Å². The number of aromatic amines is 1. The standard InChI is InChI=1S/C25H29N3O4S/c1-3-27-33(30,31)21-8-4-18(5-9-21)6-11-25(29)28-14-12-19(13-15-28)23-17-26-24-10-7-20(32-2)16-22(23)24/h4-11,16-17,19,26-27H,3,12-15H2,1-2H3/b11-6+. The first-order valence-electron chi connectivity index (χ1n) is 11.1. The van der Waals surface area contributed by atoms with Crippen molar-refractivity contribution in [3.63, 3.8) is 0 Å². The monoisotopic (exact) mass is 467 g/mol. The molecule has 33 heavy (non-hydrogen) atoms. The first-order chi connectivity index (χ1) is 15.9. The van der Waals surface area contributed by atoms with Crippen LogP contribution in [0.3, 0.4) is 0 Å². The Hall–Kier alpha value is -3.10. The van der Waals surface area contributed by atoms with E-state index in [1.807, 2.05) is 17.0 Å². The lowest BCUT2D eigenvalue weighted by atomic mass is 9.89. The van der Waals surface area contributed by atoms with E-state index in [1.165, 1.54) is 10.9 Å². The third kappa shape index (κ3) is 5.12. The van der Waals surface area contributed by atoms with Gasteiger partial charge in [-0.25, -0.2) is 13.1 Å². The molecule has 0 bridgehead atoms. The largest absolute Gasteiger partial charge is 0.497 e. The average molecular weight is 468 g/mol. The summed E-state index contributed by atoms with van der Waals surface area (Å²) < 4.78 is 31.9. The highest BCUT2D eigenvalue weighted by molar-refractivity contribution is 7.89. The third-order valence-electron chi connectivity index (χ3n) is 6.11. The second-order valence-corrected chi connectivity index (χ2v) is 9.93. The fraction of sp³-hybridized carbons (Fsp3) is 0.320. The number of methoxy groups -OCH3 is 1. The van der Waals surface area contributed by atoms with Crippen LogP contribution in [0.15, 0.2) is 59.6 Å². The molecule has 0 aliphatic carbocycles.